The number of benzene rings is 2. The molecule has 0 aromatic heterocycles. The number of aryl methyl sites for hydroxylation is 3. The highest BCUT2D eigenvalue weighted by Gasteiger charge is 2.25. The normalized spacial score (nSPS) is 17.6. The predicted molar refractivity (Wildman–Crippen MR) is 83.7 cm³/mol. The van der Waals surface area contributed by atoms with Crippen molar-refractivity contribution in [3.8, 4) is 5.75 Å². The Kier molecular flexibility index (Phi) is 3.65. The van der Waals surface area contributed by atoms with Crippen LogP contribution in [0.2, 0.25) is 0 Å². The lowest BCUT2D eigenvalue weighted by Crippen LogP contribution is -2.31. The fraction of sp³-hybridized carbons (Fsp3) is 0.278. The van der Waals surface area contributed by atoms with E-state index in [4.69, 9.17) is 4.74 Å². The maximum absolute atomic E-state index is 12.3. The Hall–Kier alpha value is -2.29. The molecule has 1 unspecified atom stereocenters. The number of rotatable bonds is 2. The van der Waals surface area contributed by atoms with Crippen molar-refractivity contribution >= 4 is 11.6 Å². The van der Waals surface area contributed by atoms with E-state index in [1.807, 2.05) is 44.2 Å². The zero-order valence-electron chi connectivity index (χ0n) is 12.3. The van der Waals surface area contributed by atoms with E-state index in [1.54, 1.807) is 0 Å². The molecule has 1 amide bonds. The van der Waals surface area contributed by atoms with Gasteiger partial charge in [-0.1, -0.05) is 24.3 Å². The molecule has 0 fully saturated rings. The fourth-order valence-electron chi connectivity index (χ4n) is 2.77. The quantitative estimate of drug-likeness (QED) is 0.912. The Morgan fingerprint density at radius 2 is 1.81 bits per heavy atom. The van der Waals surface area contributed by atoms with Gasteiger partial charge in [0.15, 0.2) is 6.10 Å². The molecular formula is C18H19NO2. The van der Waals surface area contributed by atoms with Crippen LogP contribution in [0, 0.1) is 13.8 Å². The third kappa shape index (κ3) is 3.07. The molecule has 1 aliphatic heterocycles. The number of nitrogens with one attached hydrogen (secondary N) is 1. The lowest BCUT2D eigenvalue weighted by molar-refractivity contribution is -0.122. The van der Waals surface area contributed by atoms with Crippen molar-refractivity contribution < 1.29 is 9.53 Å². The van der Waals surface area contributed by atoms with Crippen molar-refractivity contribution in [1.82, 2.24) is 0 Å². The topological polar surface area (TPSA) is 38.3 Å². The van der Waals surface area contributed by atoms with Crippen LogP contribution >= 0.6 is 0 Å². The second-order valence-electron chi connectivity index (χ2n) is 5.61. The summed E-state index contributed by atoms with van der Waals surface area (Å²) in [5.74, 6) is 0.692. The van der Waals surface area contributed by atoms with Gasteiger partial charge in [-0.15, -0.1) is 0 Å². The van der Waals surface area contributed by atoms with Gasteiger partial charge in [0.25, 0.3) is 5.91 Å². The average Bonchev–Trinajstić information content (AvgIpc) is 2.58. The summed E-state index contributed by atoms with van der Waals surface area (Å²) < 4.78 is 5.93. The van der Waals surface area contributed by atoms with E-state index in [0.29, 0.717) is 6.42 Å². The molecule has 2 aromatic carbocycles. The predicted octanol–water partition coefficient (Wildman–Crippen LogP) is 3.64. The van der Waals surface area contributed by atoms with E-state index in [0.717, 1.165) is 34.5 Å². The van der Waals surface area contributed by atoms with E-state index in [1.165, 1.54) is 0 Å². The van der Waals surface area contributed by atoms with Gasteiger partial charge in [-0.2, -0.15) is 0 Å². The van der Waals surface area contributed by atoms with Crippen LogP contribution in [0.3, 0.4) is 0 Å². The van der Waals surface area contributed by atoms with Crippen molar-refractivity contribution in [2.75, 3.05) is 5.32 Å². The summed E-state index contributed by atoms with van der Waals surface area (Å²) in [6.07, 6.45) is 1.08. The van der Waals surface area contributed by atoms with Crippen molar-refractivity contribution in [1.29, 1.82) is 0 Å². The molecule has 0 saturated heterocycles. The Labute approximate surface area is 124 Å². The molecular weight excluding hydrogens is 262 g/mol. The third-order valence-corrected chi connectivity index (χ3v) is 3.72. The number of carbonyl (C=O) groups excluding carboxylic acids is 1. The molecule has 0 bridgehead atoms. The molecule has 21 heavy (non-hydrogen) atoms. The molecule has 0 saturated carbocycles. The minimum atomic E-state index is -0.446. The Morgan fingerprint density at radius 1 is 1.10 bits per heavy atom. The maximum atomic E-state index is 12.3. The highest BCUT2D eigenvalue weighted by atomic mass is 16.5. The van der Waals surface area contributed by atoms with Crippen LogP contribution in [-0.2, 0) is 11.2 Å². The summed E-state index contributed by atoms with van der Waals surface area (Å²) in [6.45, 7) is 4.06. The minimum absolute atomic E-state index is 0.0703. The number of carbonyl (C=O) groups is 1. The second-order valence-corrected chi connectivity index (χ2v) is 5.61. The zero-order valence-corrected chi connectivity index (χ0v) is 12.3. The van der Waals surface area contributed by atoms with Gasteiger partial charge < -0.3 is 10.1 Å². The molecule has 0 spiro atoms. The summed E-state index contributed by atoms with van der Waals surface area (Å²) >= 11 is 0. The van der Waals surface area contributed by atoms with E-state index < -0.39 is 6.10 Å². The van der Waals surface area contributed by atoms with Gasteiger partial charge >= 0.3 is 0 Å². The SMILES string of the molecule is Cc1cc(C)cc(OC2CCc3ccccc3NC2=O)c1. The number of para-hydroxylation sites is 1. The molecule has 1 atom stereocenters. The fourth-order valence-corrected chi connectivity index (χ4v) is 2.77. The van der Waals surface area contributed by atoms with E-state index in [9.17, 15) is 4.79 Å². The lowest BCUT2D eigenvalue weighted by Gasteiger charge is -2.16. The van der Waals surface area contributed by atoms with Crippen molar-refractivity contribution in [2.24, 2.45) is 0 Å². The first-order valence-corrected chi connectivity index (χ1v) is 7.25. The van der Waals surface area contributed by atoms with E-state index in [-0.39, 0.29) is 5.91 Å². The van der Waals surface area contributed by atoms with Crippen LogP contribution in [0.25, 0.3) is 0 Å². The zero-order chi connectivity index (χ0) is 14.8. The van der Waals surface area contributed by atoms with Gasteiger partial charge in [0, 0.05) is 5.69 Å². The highest BCUT2D eigenvalue weighted by Crippen LogP contribution is 2.25. The van der Waals surface area contributed by atoms with Crippen LogP contribution in [-0.4, -0.2) is 12.0 Å². The second kappa shape index (κ2) is 5.60. The van der Waals surface area contributed by atoms with Crippen molar-refractivity contribution in [3.05, 3.63) is 59.2 Å². The number of anilines is 1. The first-order valence-electron chi connectivity index (χ1n) is 7.25. The maximum Gasteiger partial charge on any atom is 0.265 e. The number of hydrogen-bond acceptors (Lipinski definition) is 2. The standard InChI is InChI=1S/C18H19NO2/c1-12-9-13(2)11-15(10-12)21-17-8-7-14-5-3-4-6-16(14)19-18(17)20/h3-6,9-11,17H,7-8H2,1-2H3,(H,19,20). The van der Waals surface area contributed by atoms with Gasteiger partial charge in [-0.25, -0.2) is 0 Å². The number of amides is 1. The molecule has 3 rings (SSSR count). The first kappa shape index (κ1) is 13.7. The van der Waals surface area contributed by atoms with Gasteiger partial charge in [-0.05, 0) is 61.6 Å². The molecule has 0 radical (unpaired) electrons. The molecule has 108 valence electrons. The third-order valence-electron chi connectivity index (χ3n) is 3.72. The van der Waals surface area contributed by atoms with Crippen LogP contribution in [0.5, 0.6) is 5.75 Å². The molecule has 3 heteroatoms. The van der Waals surface area contributed by atoms with Crippen LogP contribution in [0.15, 0.2) is 42.5 Å². The van der Waals surface area contributed by atoms with Crippen molar-refractivity contribution in [2.45, 2.75) is 32.8 Å². The molecule has 0 aliphatic carbocycles. The summed E-state index contributed by atoms with van der Waals surface area (Å²) in [4.78, 5) is 12.3. The highest BCUT2D eigenvalue weighted by molar-refractivity contribution is 5.95. The van der Waals surface area contributed by atoms with E-state index in [2.05, 4.69) is 17.4 Å². The molecule has 3 nitrogen and oxygen atoms in total. The van der Waals surface area contributed by atoms with Crippen LogP contribution in [0.4, 0.5) is 5.69 Å². The largest absolute Gasteiger partial charge is 0.481 e. The summed E-state index contributed by atoms with van der Waals surface area (Å²) in [5, 5.41) is 2.96. The number of fused-ring (bicyclic) bond motifs is 1. The lowest BCUT2D eigenvalue weighted by atomic mass is 10.1. The van der Waals surface area contributed by atoms with Gasteiger partial charge in [-0.3, -0.25) is 4.79 Å². The van der Waals surface area contributed by atoms with Gasteiger partial charge in [0.05, 0.1) is 0 Å². The Balaban J connectivity index is 1.79. The minimum Gasteiger partial charge on any atom is -0.481 e. The molecule has 1 aliphatic rings. The van der Waals surface area contributed by atoms with E-state index >= 15 is 0 Å². The van der Waals surface area contributed by atoms with Gasteiger partial charge in [0.1, 0.15) is 5.75 Å². The van der Waals surface area contributed by atoms with Crippen LogP contribution < -0.4 is 10.1 Å². The van der Waals surface area contributed by atoms with Crippen LogP contribution in [0.1, 0.15) is 23.1 Å². The number of ether oxygens (including phenoxy) is 1. The van der Waals surface area contributed by atoms with Gasteiger partial charge in [0.2, 0.25) is 0 Å². The molecule has 1 N–H and O–H groups in total. The van der Waals surface area contributed by atoms with Crippen molar-refractivity contribution in [3.63, 3.8) is 0 Å². The Morgan fingerprint density at radius 3 is 2.57 bits per heavy atom. The molecule has 1 heterocycles. The summed E-state index contributed by atoms with van der Waals surface area (Å²) in [5.41, 5.74) is 4.34. The smallest absolute Gasteiger partial charge is 0.265 e. The molecule has 2 aromatic rings. The summed E-state index contributed by atoms with van der Waals surface area (Å²) in [6, 6.07) is 14.0. The monoisotopic (exact) mass is 281 g/mol. The number of hydrogen-bond donors (Lipinski definition) is 1. The average molecular weight is 281 g/mol. The summed E-state index contributed by atoms with van der Waals surface area (Å²) in [7, 11) is 0. The Bertz CT molecular complexity index is 658. The first-order chi connectivity index (χ1) is 10.1.